The summed E-state index contributed by atoms with van der Waals surface area (Å²) in [5.41, 5.74) is 10.2. The van der Waals surface area contributed by atoms with Crippen molar-refractivity contribution in [3.8, 4) is 34.0 Å². The standard InChI is InChI=1S/C20H18N4O2.C19H16N4O2.CH4.H34P32/c1-12-3-5-13(6-4-12)17-18(26-2)19(23-11-22-17)24-15-7-8-16-14(9-15)10-21-20(16)25;1-11-2-4-12(5-3-11)16-17(24)18(22-10-21-16)23-14-6-7-15-13(8-14)9-20-19(15)25;;1-18(2)26(17)30(25(15)16)32(29(23(11)12)24(13)14)31(27(19(3)4)20(5)6)28(21(7)8)22(9)10/h3-9,11H,10H2,1-2H3,(H,21,25)(H,22,23,24);2-8,10,24H,9H2,1H3,(H,20,25)(H,21,22,23);1H4;1-17H2. The number of amides is 2. The van der Waals surface area contributed by atoms with E-state index in [4.69, 9.17) is 4.74 Å². The van der Waals surface area contributed by atoms with Gasteiger partial charge in [-0.25, -0.2) is 19.9 Å². The van der Waals surface area contributed by atoms with E-state index in [1.807, 2.05) is 86.6 Å². The molecular weight excluding hydrogens is 1650 g/mol. The molecule has 2 aromatic heterocycles. The summed E-state index contributed by atoms with van der Waals surface area (Å²) in [6, 6.07) is 26.9. The van der Waals surface area contributed by atoms with Crippen LogP contribution >= 0.6 is 257 Å². The Labute approximate surface area is 553 Å². The highest BCUT2D eigenvalue weighted by Gasteiger charge is 2.51. The molecule has 456 valence electrons. The topological polar surface area (TPSA) is 163 Å². The molecule has 2 aliphatic rings. The average molecular weight is 1720 g/mol. The second-order valence-electron chi connectivity index (χ2n) is 17.1. The summed E-state index contributed by atoms with van der Waals surface area (Å²) in [6.45, 7) is 4.60. The van der Waals surface area contributed by atoms with E-state index in [9.17, 15) is 14.7 Å². The molecule has 4 aromatic carbocycles. The quantitative estimate of drug-likeness (QED) is 0.0438. The molecule has 84 heavy (non-hydrogen) atoms. The van der Waals surface area contributed by atoms with E-state index >= 15 is 0 Å². The zero-order chi connectivity index (χ0) is 61.1. The molecule has 20 atom stereocenters. The summed E-state index contributed by atoms with van der Waals surface area (Å²) in [7, 11) is 57.9. The van der Waals surface area contributed by atoms with Gasteiger partial charge < -0.3 is 31.1 Å². The minimum atomic E-state index is -0.0805. The molecule has 0 spiro atoms. The van der Waals surface area contributed by atoms with Crippen molar-refractivity contribution in [2.45, 2.75) is 34.4 Å². The highest BCUT2D eigenvalue weighted by Crippen LogP contribution is 3.39. The molecule has 0 bridgehead atoms. The summed E-state index contributed by atoms with van der Waals surface area (Å²) in [5, 5.41) is 22.5. The number of methoxy groups -OCH3 is 1. The maximum absolute atomic E-state index is 11.7. The second kappa shape index (κ2) is 40.3. The third-order valence-corrected chi connectivity index (χ3v) is 225. The zero-order valence-corrected chi connectivity index (χ0v) is 77.7. The van der Waals surface area contributed by atoms with Gasteiger partial charge in [0.1, 0.15) is 24.0 Å². The van der Waals surface area contributed by atoms with E-state index in [1.54, 1.807) is 19.2 Å². The molecule has 8 rings (SSSR count). The third kappa shape index (κ3) is 23.0. The van der Waals surface area contributed by atoms with Gasteiger partial charge in [0.25, 0.3) is 11.8 Å². The van der Waals surface area contributed by atoms with Gasteiger partial charge in [0.05, 0.1) is 7.11 Å². The monoisotopic (exact) mass is 1720 g/mol. The maximum atomic E-state index is 11.7. The van der Waals surface area contributed by atoms with Crippen molar-refractivity contribution in [2.75, 3.05) is 17.7 Å². The van der Waals surface area contributed by atoms with Crippen molar-refractivity contribution in [1.82, 2.24) is 30.6 Å². The van der Waals surface area contributed by atoms with E-state index in [2.05, 4.69) is 193 Å². The van der Waals surface area contributed by atoms with Gasteiger partial charge in [-0.1, -0.05) is 67.1 Å². The summed E-state index contributed by atoms with van der Waals surface area (Å²) < 4.78 is 5.59. The largest absolute Gasteiger partial charge is 0.503 e. The van der Waals surface area contributed by atoms with Crippen molar-refractivity contribution in [3.05, 3.63) is 131 Å². The minimum absolute atomic E-state index is 0. The number of anilines is 4. The first-order valence-electron chi connectivity index (χ1n) is 23.4. The molecule has 0 aliphatic carbocycles. The van der Waals surface area contributed by atoms with E-state index in [1.165, 1.54) is 18.2 Å². The number of aromatic nitrogens is 4. The van der Waals surface area contributed by atoms with Crippen LogP contribution in [0.5, 0.6) is 11.5 Å². The highest BCUT2D eigenvalue weighted by molar-refractivity contribution is 9.45. The number of fused-ring (bicyclic) bond motifs is 2. The van der Waals surface area contributed by atoms with E-state index in [0.29, 0.717) is 47.3 Å². The van der Waals surface area contributed by atoms with Gasteiger partial charge in [-0.05, 0) is 166 Å². The number of benzene rings is 4. The Morgan fingerprint density at radius 2 is 0.821 bits per heavy atom. The van der Waals surface area contributed by atoms with Crippen LogP contribution in [0.3, 0.4) is 0 Å². The highest BCUT2D eigenvalue weighted by atomic mass is 33.5. The molecule has 0 saturated heterocycles. The summed E-state index contributed by atoms with van der Waals surface area (Å²) in [4.78, 5) is 40.4. The predicted molar refractivity (Wildman–Crippen MR) is 470 cm³/mol. The number of carbonyl (C=O) groups is 2. The van der Waals surface area contributed by atoms with Crippen LogP contribution in [0, 0.1) is 13.8 Å². The fourth-order valence-corrected chi connectivity index (χ4v) is 422. The predicted octanol–water partition coefficient (Wildman–Crippen LogP) is 25.7. The lowest BCUT2D eigenvalue weighted by Crippen LogP contribution is -2.12. The number of aromatic hydroxyl groups is 1. The smallest absolute Gasteiger partial charge is 0.251 e. The van der Waals surface area contributed by atoms with Crippen LogP contribution in [-0.4, -0.2) is 44.0 Å². The van der Waals surface area contributed by atoms with E-state index in [0.717, 1.165) is 44.9 Å². The van der Waals surface area contributed by atoms with Crippen LogP contribution in [0.4, 0.5) is 23.0 Å². The number of aryl methyl sites for hydroxylation is 2. The van der Waals surface area contributed by atoms with E-state index < -0.39 is 0 Å². The second-order valence-corrected chi connectivity index (χ2v) is 146. The normalized spacial score (nSPS) is 14.0. The van der Waals surface area contributed by atoms with Crippen LogP contribution in [0.25, 0.3) is 22.5 Å². The summed E-state index contributed by atoms with van der Waals surface area (Å²) in [5.74, 6) is 1.37. The average Bonchev–Trinajstić information content (AvgIpc) is 2.08. The van der Waals surface area contributed by atoms with Crippen molar-refractivity contribution in [3.63, 3.8) is 0 Å². The van der Waals surface area contributed by atoms with Gasteiger partial charge in [0, 0.05) is 46.7 Å². The number of nitrogens with zero attached hydrogens (tertiary/aromatic N) is 4. The molecule has 0 radical (unpaired) electrons. The van der Waals surface area contributed by atoms with Gasteiger partial charge in [-0.3, -0.25) is 9.59 Å². The fraction of sp³-hybridized carbons (Fsp3) is 0.150. The third-order valence-electron chi connectivity index (χ3n) is 11.3. The Morgan fingerprint density at radius 3 is 1.20 bits per heavy atom. The molecule has 2 amide bonds. The van der Waals surface area contributed by atoms with Gasteiger partial charge in [-0.2, -0.15) is 0 Å². The van der Waals surface area contributed by atoms with E-state index in [-0.39, 0.29) is 130 Å². The first-order valence-corrected chi connectivity index (χ1v) is 80.9. The van der Waals surface area contributed by atoms with Crippen LogP contribution in [0.2, 0.25) is 0 Å². The fourth-order valence-electron chi connectivity index (χ4n) is 7.57. The Bertz CT molecular complexity index is 3100. The molecule has 12 nitrogen and oxygen atoms in total. The first kappa shape index (κ1) is 81.6. The number of ether oxygens (including phenoxy) is 1. The lowest BCUT2D eigenvalue weighted by molar-refractivity contribution is 0.0957. The van der Waals surface area contributed by atoms with Gasteiger partial charge >= 0.3 is 0 Å². The number of carbonyl (C=O) groups excluding carboxylic acids is 2. The number of nitrogens with one attached hydrogen (secondary N) is 4. The molecule has 5 N–H and O–H groups in total. The van der Waals surface area contributed by atoms with Gasteiger partial charge in [0.15, 0.2) is 23.1 Å². The lowest BCUT2D eigenvalue weighted by Gasteiger charge is -2.53. The van der Waals surface area contributed by atoms with Crippen molar-refractivity contribution in [1.29, 1.82) is 0 Å². The van der Waals surface area contributed by atoms with Crippen LogP contribution in [0.15, 0.2) is 97.6 Å². The first-order chi connectivity index (χ1) is 39.2. The van der Waals surface area contributed by atoms with Crippen LogP contribution < -0.4 is 26.0 Å². The maximum Gasteiger partial charge on any atom is 0.251 e. The molecule has 20 unspecified atom stereocenters. The summed E-state index contributed by atoms with van der Waals surface area (Å²) >= 11 is 0. The molecule has 4 heterocycles. The van der Waals surface area contributed by atoms with Crippen LogP contribution in [-0.2, 0) is 13.1 Å². The van der Waals surface area contributed by atoms with Crippen molar-refractivity contribution < 1.29 is 19.4 Å². The molecule has 44 heteroatoms. The molecule has 2 aliphatic heterocycles. The Kier molecular flexibility index (Phi) is 39.1. The number of hydrogen-bond acceptors (Lipinski definition) is 10. The van der Waals surface area contributed by atoms with Crippen molar-refractivity contribution >= 4 is 291 Å². The van der Waals surface area contributed by atoms with Crippen LogP contribution in [0.1, 0.15) is 50.4 Å². The molecule has 6 aromatic rings. The zero-order valence-electron chi connectivity index (χ0n) is 44.6. The number of rotatable bonds is 21. The summed E-state index contributed by atoms with van der Waals surface area (Å²) in [6.07, 6.45) is 2.92. The van der Waals surface area contributed by atoms with Gasteiger partial charge in [-0.15, -0.1) is 152 Å². The molecule has 0 saturated carbocycles. The number of hydrogen-bond donors (Lipinski definition) is 5. The van der Waals surface area contributed by atoms with Crippen molar-refractivity contribution in [2.24, 2.45) is 0 Å². The SMILES string of the molecule is C.COc1c(Nc2ccc3c(c2)CNC3=O)ncnc1-c1ccc(C)cc1.Cc1ccc(-c2ncnc(Nc3ccc4c(c3)CNC4=O)c2O)cc1.PP(P)P(P)P(P(P)P)P(P(P(P)P)P(P)P)P(P(P(P)P)P(P)P)P(P(P)P)P(P)P. The Hall–Kier alpha value is 6.94. The molecular formula is C40H72N8O4P32. The molecule has 0 fully saturated rings. The van der Waals surface area contributed by atoms with Gasteiger partial charge in [0.2, 0.25) is 0 Å². The Morgan fingerprint density at radius 1 is 0.464 bits per heavy atom. The Balaban J connectivity index is 0.000000230. The lowest BCUT2D eigenvalue weighted by atomic mass is 10.1. The minimum Gasteiger partial charge on any atom is -0.503 e.